The first kappa shape index (κ1) is 9.73. The molecule has 13 heavy (non-hydrogen) atoms. The van der Waals surface area contributed by atoms with Crippen LogP contribution in [-0.4, -0.2) is 21.0 Å². The van der Waals surface area contributed by atoms with Crippen molar-refractivity contribution in [2.75, 3.05) is 0 Å². The van der Waals surface area contributed by atoms with Crippen LogP contribution in [0.3, 0.4) is 0 Å². The number of H-pyrrole nitrogens is 1. The number of aliphatic carboxylic acids is 1. The summed E-state index contributed by atoms with van der Waals surface area (Å²) in [5, 5.41) is 8.39. The van der Waals surface area contributed by atoms with E-state index in [1.54, 1.807) is 6.92 Å². The van der Waals surface area contributed by atoms with Gasteiger partial charge in [0.2, 0.25) is 0 Å². The van der Waals surface area contributed by atoms with Crippen LogP contribution in [0.1, 0.15) is 11.4 Å². The van der Waals surface area contributed by atoms with Crippen LogP contribution in [0.5, 0.6) is 0 Å². The zero-order valence-electron chi connectivity index (χ0n) is 6.80. The van der Waals surface area contributed by atoms with Crippen molar-refractivity contribution in [3.05, 3.63) is 26.9 Å². The van der Waals surface area contributed by atoms with Crippen molar-refractivity contribution < 1.29 is 9.90 Å². The molecular weight excluding hydrogens is 196 g/mol. The Labute approximate surface area is 78.4 Å². The van der Waals surface area contributed by atoms with Gasteiger partial charge in [-0.2, -0.15) is 0 Å². The molecule has 5 nitrogen and oxygen atoms in total. The van der Waals surface area contributed by atoms with E-state index in [2.05, 4.69) is 9.97 Å². The number of rotatable bonds is 2. The highest BCUT2D eigenvalue weighted by atomic mass is 35.5. The second-order valence-corrected chi connectivity index (χ2v) is 2.85. The molecule has 0 fully saturated rings. The lowest BCUT2D eigenvalue weighted by Crippen LogP contribution is -2.19. The van der Waals surface area contributed by atoms with Gasteiger partial charge in [-0.25, -0.2) is 4.98 Å². The summed E-state index contributed by atoms with van der Waals surface area (Å²) in [5.74, 6) is -0.748. The second kappa shape index (κ2) is 3.57. The van der Waals surface area contributed by atoms with E-state index in [1.807, 2.05) is 0 Å². The monoisotopic (exact) mass is 202 g/mol. The summed E-state index contributed by atoms with van der Waals surface area (Å²) in [7, 11) is 0. The van der Waals surface area contributed by atoms with Gasteiger partial charge in [0.05, 0.1) is 12.0 Å². The van der Waals surface area contributed by atoms with Crippen molar-refractivity contribution in [2.45, 2.75) is 13.3 Å². The Bertz CT molecular complexity index is 399. The molecule has 1 heterocycles. The fraction of sp³-hybridized carbons (Fsp3) is 0.286. The maximum atomic E-state index is 11.2. The number of carbonyl (C=O) groups is 1. The highest BCUT2D eigenvalue weighted by Crippen LogP contribution is 2.08. The van der Waals surface area contributed by atoms with Crippen LogP contribution >= 0.6 is 11.6 Å². The predicted octanol–water partition coefficient (Wildman–Crippen LogP) is 0.359. The Kier molecular flexibility index (Phi) is 2.67. The molecule has 0 spiro atoms. The third kappa shape index (κ3) is 2.29. The molecule has 0 aliphatic heterocycles. The van der Waals surface area contributed by atoms with Gasteiger partial charge in [0, 0.05) is 0 Å². The number of hydrogen-bond donors (Lipinski definition) is 2. The molecule has 0 atom stereocenters. The highest BCUT2D eigenvalue weighted by molar-refractivity contribution is 6.30. The van der Waals surface area contributed by atoms with Gasteiger partial charge in [0.25, 0.3) is 5.56 Å². The molecule has 70 valence electrons. The van der Waals surface area contributed by atoms with Crippen LogP contribution in [0, 0.1) is 6.92 Å². The zero-order valence-corrected chi connectivity index (χ0v) is 7.55. The summed E-state index contributed by atoms with van der Waals surface area (Å²) in [5.41, 5.74) is -0.514. The minimum Gasteiger partial charge on any atom is -0.481 e. The summed E-state index contributed by atoms with van der Waals surface area (Å²) in [6, 6.07) is 0. The molecule has 0 saturated heterocycles. The lowest BCUT2D eigenvalue weighted by atomic mass is 10.2. The fourth-order valence-corrected chi connectivity index (χ4v) is 1.16. The van der Waals surface area contributed by atoms with E-state index in [4.69, 9.17) is 16.7 Å². The molecular formula is C7H7ClN2O3. The molecule has 1 aromatic rings. The topological polar surface area (TPSA) is 83.0 Å². The standard InChI is InChI=1S/C7H7ClN2O3/c1-3-9-6(8)4(2-5(11)12)7(13)10-3/h2H2,1H3,(H,11,12)(H,9,10,13). The molecule has 0 bridgehead atoms. The number of aryl methyl sites for hydroxylation is 1. The summed E-state index contributed by atoms with van der Waals surface area (Å²) in [6.07, 6.45) is -0.415. The molecule has 0 aromatic carbocycles. The quantitative estimate of drug-likeness (QED) is 0.679. The van der Waals surface area contributed by atoms with Crippen molar-refractivity contribution in [1.82, 2.24) is 9.97 Å². The average molecular weight is 203 g/mol. The van der Waals surface area contributed by atoms with Crippen molar-refractivity contribution in [3.63, 3.8) is 0 Å². The van der Waals surface area contributed by atoms with Crippen molar-refractivity contribution in [1.29, 1.82) is 0 Å². The van der Waals surface area contributed by atoms with Gasteiger partial charge < -0.3 is 10.1 Å². The van der Waals surface area contributed by atoms with Gasteiger partial charge in [0.15, 0.2) is 0 Å². The number of carboxylic acid groups (broad SMARTS) is 1. The normalized spacial score (nSPS) is 10.0. The SMILES string of the molecule is Cc1nc(Cl)c(CC(=O)O)c(=O)[nH]1. The third-order valence-electron chi connectivity index (χ3n) is 1.41. The molecule has 0 saturated carbocycles. The molecule has 0 aliphatic rings. The molecule has 0 amide bonds. The number of aromatic amines is 1. The van der Waals surface area contributed by atoms with Gasteiger partial charge in [-0.1, -0.05) is 11.6 Å². The minimum absolute atomic E-state index is 0.0141. The van der Waals surface area contributed by atoms with Crippen LogP contribution in [0.2, 0.25) is 5.15 Å². The summed E-state index contributed by atoms with van der Waals surface area (Å²) in [4.78, 5) is 27.6. The maximum absolute atomic E-state index is 11.2. The van der Waals surface area contributed by atoms with E-state index < -0.39 is 17.9 Å². The Morgan fingerprint density at radius 1 is 1.69 bits per heavy atom. The van der Waals surface area contributed by atoms with Crippen LogP contribution in [0.15, 0.2) is 4.79 Å². The van der Waals surface area contributed by atoms with E-state index >= 15 is 0 Å². The van der Waals surface area contributed by atoms with E-state index in [1.165, 1.54) is 0 Å². The predicted molar refractivity (Wildman–Crippen MR) is 45.9 cm³/mol. The minimum atomic E-state index is -1.11. The first-order valence-corrected chi connectivity index (χ1v) is 3.85. The van der Waals surface area contributed by atoms with E-state index in [-0.39, 0.29) is 10.7 Å². The van der Waals surface area contributed by atoms with Crippen molar-refractivity contribution >= 4 is 17.6 Å². The lowest BCUT2D eigenvalue weighted by molar-refractivity contribution is -0.136. The van der Waals surface area contributed by atoms with E-state index in [0.29, 0.717) is 5.82 Å². The molecule has 0 aliphatic carbocycles. The number of hydrogen-bond acceptors (Lipinski definition) is 3. The van der Waals surface area contributed by atoms with E-state index in [0.717, 1.165) is 0 Å². The molecule has 1 aromatic heterocycles. The Balaban J connectivity index is 3.21. The molecule has 2 N–H and O–H groups in total. The number of nitrogens with zero attached hydrogens (tertiary/aromatic N) is 1. The number of aromatic nitrogens is 2. The van der Waals surface area contributed by atoms with Gasteiger partial charge in [0.1, 0.15) is 11.0 Å². The number of carboxylic acids is 1. The van der Waals surface area contributed by atoms with Crippen LogP contribution < -0.4 is 5.56 Å². The van der Waals surface area contributed by atoms with Gasteiger partial charge >= 0.3 is 5.97 Å². The maximum Gasteiger partial charge on any atom is 0.308 e. The Hall–Kier alpha value is -1.36. The highest BCUT2D eigenvalue weighted by Gasteiger charge is 2.11. The van der Waals surface area contributed by atoms with Crippen LogP contribution in [0.25, 0.3) is 0 Å². The second-order valence-electron chi connectivity index (χ2n) is 2.49. The van der Waals surface area contributed by atoms with Crippen LogP contribution in [-0.2, 0) is 11.2 Å². The van der Waals surface area contributed by atoms with Gasteiger partial charge in [-0.05, 0) is 6.92 Å². The summed E-state index contributed by atoms with van der Waals surface area (Å²) in [6.45, 7) is 1.57. The molecule has 0 radical (unpaired) electrons. The first-order chi connectivity index (χ1) is 6.00. The Morgan fingerprint density at radius 3 is 2.77 bits per heavy atom. The van der Waals surface area contributed by atoms with Gasteiger partial charge in [-0.3, -0.25) is 9.59 Å². The third-order valence-corrected chi connectivity index (χ3v) is 1.72. The largest absolute Gasteiger partial charge is 0.481 e. The lowest BCUT2D eigenvalue weighted by Gasteiger charge is -1.99. The van der Waals surface area contributed by atoms with Crippen molar-refractivity contribution in [3.8, 4) is 0 Å². The van der Waals surface area contributed by atoms with Crippen LogP contribution in [0.4, 0.5) is 0 Å². The number of halogens is 1. The summed E-state index contributed by atoms with van der Waals surface area (Å²) >= 11 is 5.58. The Morgan fingerprint density at radius 2 is 2.31 bits per heavy atom. The average Bonchev–Trinajstić information content (AvgIpc) is 1.96. The van der Waals surface area contributed by atoms with Crippen molar-refractivity contribution in [2.24, 2.45) is 0 Å². The van der Waals surface area contributed by atoms with E-state index in [9.17, 15) is 9.59 Å². The summed E-state index contributed by atoms with van der Waals surface area (Å²) < 4.78 is 0. The fourth-order valence-electron chi connectivity index (χ4n) is 0.881. The zero-order chi connectivity index (χ0) is 10.0. The molecule has 0 unspecified atom stereocenters. The number of nitrogens with one attached hydrogen (secondary N) is 1. The smallest absolute Gasteiger partial charge is 0.308 e. The van der Waals surface area contributed by atoms with Gasteiger partial charge in [-0.15, -0.1) is 0 Å². The molecule has 1 rings (SSSR count). The first-order valence-electron chi connectivity index (χ1n) is 3.48. The molecule has 6 heteroatoms.